The molecule has 3 aliphatic rings. The van der Waals surface area contributed by atoms with Gasteiger partial charge in [0.25, 0.3) is 0 Å². The van der Waals surface area contributed by atoms with Crippen molar-refractivity contribution in [1.82, 2.24) is 4.90 Å². The first-order valence-electron chi connectivity index (χ1n) is 14.9. The fourth-order valence-electron chi connectivity index (χ4n) is 7.22. The molecular weight excluding hydrogens is 502 g/mol. The predicted octanol–water partition coefficient (Wildman–Crippen LogP) is 5.73. The van der Waals surface area contributed by atoms with Crippen molar-refractivity contribution in [2.24, 2.45) is 17.8 Å². The van der Waals surface area contributed by atoms with E-state index in [9.17, 15) is 24.9 Å². The third kappa shape index (κ3) is 5.52. The number of imide groups is 1. The molecule has 4 atom stereocenters. The number of rotatable bonds is 9. The van der Waals surface area contributed by atoms with Gasteiger partial charge in [-0.2, -0.15) is 0 Å². The smallest absolute Gasteiger partial charge is 0.234 e. The van der Waals surface area contributed by atoms with Crippen molar-refractivity contribution in [1.29, 1.82) is 0 Å². The lowest BCUT2D eigenvalue weighted by molar-refractivity contribution is -0.143. The second kappa shape index (κ2) is 12.5. The highest BCUT2D eigenvalue weighted by Gasteiger charge is 2.56. The molecular formula is C34H41NO5. The molecule has 1 heterocycles. The van der Waals surface area contributed by atoms with Gasteiger partial charge in [0, 0.05) is 17.5 Å². The number of allylic oxidation sites excluding steroid dienone is 2. The molecule has 6 heteroatoms. The number of aliphatic hydroxyl groups is 2. The van der Waals surface area contributed by atoms with Crippen molar-refractivity contribution < 1.29 is 24.9 Å². The van der Waals surface area contributed by atoms with Crippen LogP contribution >= 0.6 is 0 Å². The molecule has 0 unspecified atom stereocenters. The lowest BCUT2D eigenvalue weighted by Crippen LogP contribution is -2.42. The van der Waals surface area contributed by atoms with E-state index in [0.29, 0.717) is 31.2 Å². The molecule has 2 fully saturated rings. The summed E-state index contributed by atoms with van der Waals surface area (Å²) in [5.41, 5.74) is 4.42. The molecule has 2 aromatic carbocycles. The number of likely N-dealkylation sites (tertiary alicyclic amines) is 1. The van der Waals surface area contributed by atoms with Gasteiger partial charge in [-0.3, -0.25) is 14.5 Å². The Morgan fingerprint density at radius 3 is 2.38 bits per heavy atom. The number of aromatic hydroxyl groups is 1. The first-order valence-corrected chi connectivity index (χ1v) is 14.9. The van der Waals surface area contributed by atoms with Gasteiger partial charge in [-0.05, 0) is 67.4 Å². The minimum absolute atomic E-state index is 0.0369. The molecule has 1 saturated carbocycles. The summed E-state index contributed by atoms with van der Waals surface area (Å²) >= 11 is 0. The van der Waals surface area contributed by atoms with Crippen molar-refractivity contribution >= 4 is 23.5 Å². The van der Waals surface area contributed by atoms with Crippen molar-refractivity contribution in [3.8, 4) is 5.75 Å². The zero-order valence-electron chi connectivity index (χ0n) is 23.3. The summed E-state index contributed by atoms with van der Waals surface area (Å²) in [5.74, 6) is -1.67. The number of para-hydroxylation sites is 1. The van der Waals surface area contributed by atoms with Gasteiger partial charge in [-0.1, -0.05) is 80.3 Å². The van der Waals surface area contributed by atoms with Crippen molar-refractivity contribution in [3.05, 3.63) is 76.9 Å². The lowest BCUT2D eigenvalue weighted by Gasteiger charge is -2.36. The quantitative estimate of drug-likeness (QED) is 0.213. The second-order valence-corrected chi connectivity index (χ2v) is 11.5. The summed E-state index contributed by atoms with van der Waals surface area (Å²) in [6.07, 6.45) is 8.08. The maximum Gasteiger partial charge on any atom is 0.234 e. The van der Waals surface area contributed by atoms with Gasteiger partial charge in [0.15, 0.2) is 0 Å². The molecule has 6 nitrogen and oxygen atoms in total. The summed E-state index contributed by atoms with van der Waals surface area (Å²) in [5, 5.41) is 32.6. The minimum atomic E-state index is -0.851. The van der Waals surface area contributed by atoms with Crippen LogP contribution in [0.4, 0.5) is 0 Å². The number of benzene rings is 2. The molecule has 212 valence electrons. The number of aliphatic hydroxyl groups excluding tert-OH is 2. The van der Waals surface area contributed by atoms with Gasteiger partial charge in [-0.15, -0.1) is 0 Å². The SMILES string of the molecule is CCC1=C([C@H](O)CC/C(=C/c2ccccc2O)c2ccccc2)[C@H](CO)[C@@H]2C(=O)N(C3CCCCC3)C(=O)[C@@H]2C1. The Balaban J connectivity index is 1.41. The summed E-state index contributed by atoms with van der Waals surface area (Å²) < 4.78 is 0. The normalized spacial score (nSPS) is 24.9. The topological polar surface area (TPSA) is 98.1 Å². The maximum atomic E-state index is 13.7. The second-order valence-electron chi connectivity index (χ2n) is 11.5. The lowest BCUT2D eigenvalue weighted by atomic mass is 9.67. The first-order chi connectivity index (χ1) is 19.4. The van der Waals surface area contributed by atoms with Gasteiger partial charge >= 0.3 is 0 Å². The van der Waals surface area contributed by atoms with Gasteiger partial charge in [0.05, 0.1) is 24.5 Å². The molecule has 0 spiro atoms. The van der Waals surface area contributed by atoms with E-state index in [2.05, 4.69) is 0 Å². The van der Waals surface area contributed by atoms with E-state index in [1.54, 1.807) is 12.1 Å². The third-order valence-electron chi connectivity index (χ3n) is 9.24. The molecule has 40 heavy (non-hydrogen) atoms. The minimum Gasteiger partial charge on any atom is -0.507 e. The number of nitrogens with zero attached hydrogens (tertiary/aromatic N) is 1. The Hall–Kier alpha value is -3.22. The highest BCUT2D eigenvalue weighted by Crippen LogP contribution is 2.48. The van der Waals surface area contributed by atoms with Crippen LogP contribution < -0.4 is 0 Å². The molecule has 2 aromatic rings. The Kier molecular flexibility index (Phi) is 8.87. The third-order valence-corrected chi connectivity index (χ3v) is 9.24. The van der Waals surface area contributed by atoms with E-state index in [0.717, 1.165) is 54.4 Å². The van der Waals surface area contributed by atoms with Crippen molar-refractivity contribution in [2.45, 2.75) is 76.9 Å². The van der Waals surface area contributed by atoms with Crippen LogP contribution in [0.25, 0.3) is 11.6 Å². The monoisotopic (exact) mass is 543 g/mol. The highest BCUT2D eigenvalue weighted by molar-refractivity contribution is 6.06. The molecule has 0 radical (unpaired) electrons. The van der Waals surface area contributed by atoms with Gasteiger partial charge in [0.2, 0.25) is 11.8 Å². The molecule has 1 aliphatic heterocycles. The van der Waals surface area contributed by atoms with Gasteiger partial charge in [-0.25, -0.2) is 0 Å². The Bertz CT molecular complexity index is 1280. The number of phenolic OH excluding ortho intramolecular Hbond substituents is 1. The average molecular weight is 544 g/mol. The van der Waals surface area contributed by atoms with Gasteiger partial charge < -0.3 is 15.3 Å². The van der Waals surface area contributed by atoms with Crippen LogP contribution in [-0.2, 0) is 9.59 Å². The average Bonchev–Trinajstić information content (AvgIpc) is 3.24. The Morgan fingerprint density at radius 1 is 1.00 bits per heavy atom. The maximum absolute atomic E-state index is 13.7. The molecule has 3 N–H and O–H groups in total. The van der Waals surface area contributed by atoms with Crippen LogP contribution in [0.5, 0.6) is 5.75 Å². The number of fused-ring (bicyclic) bond motifs is 1. The summed E-state index contributed by atoms with van der Waals surface area (Å²) in [4.78, 5) is 28.8. The zero-order chi connectivity index (χ0) is 28.2. The number of phenols is 1. The van der Waals surface area contributed by atoms with Crippen LogP contribution in [0.15, 0.2) is 65.7 Å². The number of amides is 2. The largest absolute Gasteiger partial charge is 0.507 e. The number of hydrogen-bond acceptors (Lipinski definition) is 5. The number of carbonyl (C=O) groups excluding carboxylic acids is 2. The summed E-state index contributed by atoms with van der Waals surface area (Å²) in [6, 6.07) is 17.0. The first kappa shape index (κ1) is 28.3. The van der Waals surface area contributed by atoms with E-state index in [1.807, 2.05) is 55.5 Å². The molecule has 0 bridgehead atoms. The molecule has 2 amide bonds. The van der Waals surface area contributed by atoms with Gasteiger partial charge in [0.1, 0.15) is 5.75 Å². The van der Waals surface area contributed by atoms with E-state index >= 15 is 0 Å². The van der Waals surface area contributed by atoms with Crippen molar-refractivity contribution in [2.75, 3.05) is 6.61 Å². The zero-order valence-corrected chi connectivity index (χ0v) is 23.3. The van der Waals surface area contributed by atoms with Crippen LogP contribution in [0.2, 0.25) is 0 Å². The summed E-state index contributed by atoms with van der Waals surface area (Å²) in [7, 11) is 0. The molecule has 1 saturated heterocycles. The fourth-order valence-corrected chi connectivity index (χ4v) is 7.22. The van der Waals surface area contributed by atoms with Crippen LogP contribution in [-0.4, -0.2) is 50.8 Å². The standard InChI is InChI=1S/C34H41NO5/c1-2-22-20-27-32(34(40)35(33(27)39)26-14-7-4-8-15-26)28(21-36)31(22)30(38)18-17-24(23-11-5-3-6-12-23)19-25-13-9-10-16-29(25)37/h3,5-6,9-13,16,19,26-28,30,32,36-38H,2,4,7-8,14-15,17-18,20-21H2,1H3/b24-19-/t27-,28+,30-,32-/m1/s1. The Labute approximate surface area is 237 Å². The van der Waals surface area contributed by atoms with E-state index < -0.39 is 23.9 Å². The predicted molar refractivity (Wildman–Crippen MR) is 156 cm³/mol. The van der Waals surface area contributed by atoms with E-state index in [1.165, 1.54) is 4.90 Å². The highest BCUT2D eigenvalue weighted by atomic mass is 16.3. The summed E-state index contributed by atoms with van der Waals surface area (Å²) in [6.45, 7) is 1.75. The molecule has 0 aromatic heterocycles. The fraction of sp³-hybridized carbons (Fsp3) is 0.471. The molecule has 5 rings (SSSR count). The molecule has 2 aliphatic carbocycles. The van der Waals surface area contributed by atoms with Crippen LogP contribution in [0.3, 0.4) is 0 Å². The van der Waals surface area contributed by atoms with Crippen LogP contribution in [0, 0.1) is 17.8 Å². The van der Waals surface area contributed by atoms with Crippen LogP contribution in [0.1, 0.15) is 75.8 Å². The number of hydrogen-bond donors (Lipinski definition) is 3. The van der Waals surface area contributed by atoms with Crippen molar-refractivity contribution in [3.63, 3.8) is 0 Å². The van der Waals surface area contributed by atoms with E-state index in [-0.39, 0.29) is 30.2 Å². The number of carbonyl (C=O) groups is 2. The van der Waals surface area contributed by atoms with E-state index in [4.69, 9.17) is 0 Å². The Morgan fingerprint density at radius 2 is 1.70 bits per heavy atom.